The van der Waals surface area contributed by atoms with Gasteiger partial charge in [0.2, 0.25) is 0 Å². The number of rotatable bonds is 10. The summed E-state index contributed by atoms with van der Waals surface area (Å²) in [5, 5.41) is 12.2. The molecule has 0 aromatic heterocycles. The van der Waals surface area contributed by atoms with E-state index in [1.54, 1.807) is 0 Å². The summed E-state index contributed by atoms with van der Waals surface area (Å²) in [7, 11) is 1.87. The van der Waals surface area contributed by atoms with Crippen LogP contribution in [-0.2, 0) is 0 Å². The summed E-state index contributed by atoms with van der Waals surface area (Å²) in [5.41, 5.74) is -0.369. The fraction of sp³-hybridized carbons (Fsp3) is 0.933. The largest absolute Gasteiger partial charge is 0.303 e. The SMILES string of the molecule is CCCCCN(CCCC(C)(C#N)NC)C(C)C. The summed E-state index contributed by atoms with van der Waals surface area (Å²) in [6, 6.07) is 2.96. The van der Waals surface area contributed by atoms with Gasteiger partial charge in [-0.05, 0) is 60.2 Å². The molecule has 0 spiro atoms. The minimum atomic E-state index is -0.369. The van der Waals surface area contributed by atoms with Gasteiger partial charge in [0.05, 0.1) is 6.07 Å². The minimum absolute atomic E-state index is 0.369. The van der Waals surface area contributed by atoms with Crippen LogP contribution in [0.1, 0.15) is 59.8 Å². The maximum absolute atomic E-state index is 9.11. The van der Waals surface area contributed by atoms with Crippen LogP contribution in [0.5, 0.6) is 0 Å². The van der Waals surface area contributed by atoms with Gasteiger partial charge in [-0.3, -0.25) is 0 Å². The van der Waals surface area contributed by atoms with Crippen LogP contribution in [0, 0.1) is 11.3 Å². The molecule has 0 rings (SSSR count). The van der Waals surface area contributed by atoms with Gasteiger partial charge in [-0.25, -0.2) is 0 Å². The minimum Gasteiger partial charge on any atom is -0.303 e. The second kappa shape index (κ2) is 9.35. The summed E-state index contributed by atoms with van der Waals surface area (Å²) in [6.07, 6.45) is 5.87. The van der Waals surface area contributed by atoms with Crippen molar-refractivity contribution in [1.29, 1.82) is 5.26 Å². The standard InChI is InChI=1S/C15H31N3/c1-6-7-8-11-18(14(2)3)12-9-10-15(4,13-16)17-5/h14,17H,6-12H2,1-5H3. The van der Waals surface area contributed by atoms with Gasteiger partial charge in [0.15, 0.2) is 0 Å². The highest BCUT2D eigenvalue weighted by Gasteiger charge is 2.21. The molecule has 0 aromatic carbocycles. The van der Waals surface area contributed by atoms with E-state index in [0.717, 1.165) is 19.4 Å². The van der Waals surface area contributed by atoms with Crippen LogP contribution < -0.4 is 5.32 Å². The molecule has 0 radical (unpaired) electrons. The summed E-state index contributed by atoms with van der Waals surface area (Å²) in [6.45, 7) is 11.0. The molecule has 1 N–H and O–H groups in total. The van der Waals surface area contributed by atoms with E-state index in [1.165, 1.54) is 25.8 Å². The van der Waals surface area contributed by atoms with Gasteiger partial charge in [0.1, 0.15) is 5.54 Å². The Morgan fingerprint density at radius 3 is 2.28 bits per heavy atom. The highest BCUT2D eigenvalue weighted by molar-refractivity contribution is 5.02. The zero-order valence-corrected chi connectivity index (χ0v) is 12.9. The van der Waals surface area contributed by atoms with E-state index in [2.05, 4.69) is 37.1 Å². The first kappa shape index (κ1) is 17.4. The lowest BCUT2D eigenvalue weighted by molar-refractivity contribution is 0.207. The normalized spacial score (nSPS) is 14.8. The molecule has 0 amide bonds. The monoisotopic (exact) mass is 253 g/mol. The lowest BCUT2D eigenvalue weighted by Gasteiger charge is -2.28. The van der Waals surface area contributed by atoms with Crippen molar-refractivity contribution in [1.82, 2.24) is 10.2 Å². The van der Waals surface area contributed by atoms with Gasteiger partial charge in [-0.15, -0.1) is 0 Å². The second-order valence-electron chi connectivity index (χ2n) is 5.63. The van der Waals surface area contributed by atoms with Crippen molar-refractivity contribution in [2.24, 2.45) is 0 Å². The molecule has 0 heterocycles. The van der Waals surface area contributed by atoms with Crippen molar-refractivity contribution in [3.8, 4) is 6.07 Å². The fourth-order valence-corrected chi connectivity index (χ4v) is 2.07. The second-order valence-corrected chi connectivity index (χ2v) is 5.63. The molecule has 0 aliphatic rings. The van der Waals surface area contributed by atoms with E-state index in [0.29, 0.717) is 6.04 Å². The Kier molecular flexibility index (Phi) is 9.05. The Balaban J connectivity index is 4.01. The van der Waals surface area contributed by atoms with Gasteiger partial charge in [-0.1, -0.05) is 19.8 Å². The van der Waals surface area contributed by atoms with Crippen molar-refractivity contribution in [2.75, 3.05) is 20.1 Å². The van der Waals surface area contributed by atoms with Gasteiger partial charge >= 0.3 is 0 Å². The average molecular weight is 253 g/mol. The Morgan fingerprint density at radius 1 is 1.22 bits per heavy atom. The van der Waals surface area contributed by atoms with E-state index in [-0.39, 0.29) is 5.54 Å². The molecule has 1 unspecified atom stereocenters. The molecular weight excluding hydrogens is 222 g/mol. The maximum Gasteiger partial charge on any atom is 0.103 e. The maximum atomic E-state index is 9.11. The number of nitriles is 1. The number of hydrogen-bond acceptors (Lipinski definition) is 3. The van der Waals surface area contributed by atoms with E-state index >= 15 is 0 Å². The van der Waals surface area contributed by atoms with Crippen molar-refractivity contribution < 1.29 is 0 Å². The molecule has 106 valence electrons. The lowest BCUT2D eigenvalue weighted by atomic mass is 9.98. The number of nitrogens with zero attached hydrogens (tertiary/aromatic N) is 2. The summed E-state index contributed by atoms with van der Waals surface area (Å²) in [4.78, 5) is 2.53. The molecule has 1 atom stereocenters. The number of unbranched alkanes of at least 4 members (excludes halogenated alkanes) is 2. The number of nitrogens with one attached hydrogen (secondary N) is 1. The molecule has 3 nitrogen and oxygen atoms in total. The van der Waals surface area contributed by atoms with Crippen LogP contribution in [0.4, 0.5) is 0 Å². The Hall–Kier alpha value is -0.590. The van der Waals surface area contributed by atoms with Crippen LogP contribution in [0.25, 0.3) is 0 Å². The Morgan fingerprint density at radius 2 is 1.83 bits per heavy atom. The molecule has 0 aliphatic carbocycles. The smallest absolute Gasteiger partial charge is 0.103 e. The first-order valence-corrected chi connectivity index (χ1v) is 7.33. The van der Waals surface area contributed by atoms with Crippen molar-refractivity contribution in [3.63, 3.8) is 0 Å². The molecule has 3 heteroatoms. The van der Waals surface area contributed by atoms with E-state index in [4.69, 9.17) is 5.26 Å². The van der Waals surface area contributed by atoms with E-state index in [9.17, 15) is 0 Å². The van der Waals surface area contributed by atoms with Crippen LogP contribution in [0.2, 0.25) is 0 Å². The van der Waals surface area contributed by atoms with Crippen molar-refractivity contribution >= 4 is 0 Å². The van der Waals surface area contributed by atoms with E-state index in [1.807, 2.05) is 14.0 Å². The quantitative estimate of drug-likeness (QED) is 0.608. The summed E-state index contributed by atoms with van der Waals surface area (Å²) < 4.78 is 0. The molecule has 0 aliphatic heterocycles. The highest BCUT2D eigenvalue weighted by atomic mass is 15.1. The first-order chi connectivity index (χ1) is 8.49. The summed E-state index contributed by atoms with van der Waals surface area (Å²) >= 11 is 0. The third-order valence-corrected chi connectivity index (χ3v) is 3.70. The third-order valence-electron chi connectivity index (χ3n) is 3.70. The molecule has 0 saturated heterocycles. The Labute approximate surface area is 114 Å². The molecule has 0 saturated carbocycles. The Bertz CT molecular complexity index is 245. The predicted molar refractivity (Wildman–Crippen MR) is 78.5 cm³/mol. The average Bonchev–Trinajstić information content (AvgIpc) is 2.36. The van der Waals surface area contributed by atoms with Crippen molar-refractivity contribution in [2.45, 2.75) is 71.4 Å². The molecule has 0 fully saturated rings. The zero-order chi connectivity index (χ0) is 14.0. The molecule has 0 bridgehead atoms. The third kappa shape index (κ3) is 6.98. The topological polar surface area (TPSA) is 39.1 Å². The van der Waals surface area contributed by atoms with Crippen LogP contribution >= 0.6 is 0 Å². The lowest BCUT2D eigenvalue weighted by Crippen LogP contribution is -2.39. The zero-order valence-electron chi connectivity index (χ0n) is 12.9. The highest BCUT2D eigenvalue weighted by Crippen LogP contribution is 2.12. The van der Waals surface area contributed by atoms with Crippen LogP contribution in [0.3, 0.4) is 0 Å². The van der Waals surface area contributed by atoms with Crippen LogP contribution in [-0.4, -0.2) is 36.6 Å². The van der Waals surface area contributed by atoms with Crippen molar-refractivity contribution in [3.05, 3.63) is 0 Å². The molecular formula is C15H31N3. The van der Waals surface area contributed by atoms with Crippen LogP contribution in [0.15, 0.2) is 0 Å². The van der Waals surface area contributed by atoms with E-state index < -0.39 is 0 Å². The van der Waals surface area contributed by atoms with Gasteiger partial charge < -0.3 is 10.2 Å². The van der Waals surface area contributed by atoms with Gasteiger partial charge in [-0.2, -0.15) is 5.26 Å². The summed E-state index contributed by atoms with van der Waals surface area (Å²) in [5.74, 6) is 0. The predicted octanol–water partition coefficient (Wildman–Crippen LogP) is 3.17. The number of hydrogen-bond donors (Lipinski definition) is 1. The van der Waals surface area contributed by atoms with Gasteiger partial charge in [0, 0.05) is 6.04 Å². The fourth-order valence-electron chi connectivity index (χ4n) is 2.07. The molecule has 0 aromatic rings. The molecule has 18 heavy (non-hydrogen) atoms. The van der Waals surface area contributed by atoms with Gasteiger partial charge in [0.25, 0.3) is 0 Å². The first-order valence-electron chi connectivity index (χ1n) is 7.33.